The number of hydrogen-bond acceptors (Lipinski definition) is 4. The number of methoxy groups -OCH3 is 1. The van der Waals surface area contributed by atoms with Crippen molar-refractivity contribution in [1.82, 2.24) is 10.2 Å². The summed E-state index contributed by atoms with van der Waals surface area (Å²) in [6.45, 7) is 5.23. The standard InChI is InChI=1S/C25H32N2O4/c1-18(2)25(29)27(17-19-11-13-21(30-3)14-12-19)23(20-8-5-4-6-9-20)24(28)26-16-22-10-7-15-31-22/h4-6,8-9,11-14,18,22-23H,7,10,15-17H2,1-3H3,(H,26,28)/t22-,23-/m1/s1. The molecular formula is C25H32N2O4. The molecule has 1 heterocycles. The molecule has 31 heavy (non-hydrogen) atoms. The number of carbonyl (C=O) groups excluding carboxylic acids is 2. The lowest BCUT2D eigenvalue weighted by atomic mass is 10.0. The number of ether oxygens (including phenoxy) is 2. The van der Waals surface area contributed by atoms with Gasteiger partial charge in [0, 0.05) is 25.6 Å². The molecule has 166 valence electrons. The summed E-state index contributed by atoms with van der Waals surface area (Å²) < 4.78 is 10.9. The molecule has 0 saturated carbocycles. The number of rotatable bonds is 9. The predicted molar refractivity (Wildman–Crippen MR) is 120 cm³/mol. The molecule has 2 atom stereocenters. The fourth-order valence-corrected chi connectivity index (χ4v) is 3.78. The van der Waals surface area contributed by atoms with Crippen molar-refractivity contribution in [3.05, 3.63) is 65.7 Å². The van der Waals surface area contributed by atoms with Crippen LogP contribution in [0.5, 0.6) is 5.75 Å². The van der Waals surface area contributed by atoms with Crippen LogP contribution in [-0.2, 0) is 20.9 Å². The first-order valence-corrected chi connectivity index (χ1v) is 10.9. The minimum Gasteiger partial charge on any atom is -0.497 e. The van der Waals surface area contributed by atoms with Crippen molar-refractivity contribution in [3.8, 4) is 5.75 Å². The van der Waals surface area contributed by atoms with Crippen LogP contribution in [0.3, 0.4) is 0 Å². The van der Waals surface area contributed by atoms with E-state index in [-0.39, 0.29) is 23.8 Å². The van der Waals surface area contributed by atoms with Gasteiger partial charge in [-0.3, -0.25) is 9.59 Å². The number of amides is 2. The van der Waals surface area contributed by atoms with Crippen molar-refractivity contribution in [2.75, 3.05) is 20.3 Å². The van der Waals surface area contributed by atoms with Crippen molar-refractivity contribution in [1.29, 1.82) is 0 Å². The van der Waals surface area contributed by atoms with Crippen LogP contribution in [-0.4, -0.2) is 43.1 Å². The van der Waals surface area contributed by atoms with E-state index in [0.29, 0.717) is 13.1 Å². The molecule has 0 bridgehead atoms. The number of nitrogens with one attached hydrogen (secondary N) is 1. The Morgan fingerprint density at radius 1 is 1.13 bits per heavy atom. The summed E-state index contributed by atoms with van der Waals surface area (Å²) in [7, 11) is 1.62. The maximum Gasteiger partial charge on any atom is 0.247 e. The van der Waals surface area contributed by atoms with Crippen LogP contribution in [0, 0.1) is 5.92 Å². The molecule has 0 radical (unpaired) electrons. The number of nitrogens with zero attached hydrogens (tertiary/aromatic N) is 1. The molecule has 1 fully saturated rings. The van der Waals surface area contributed by atoms with E-state index in [4.69, 9.17) is 9.47 Å². The van der Waals surface area contributed by atoms with E-state index < -0.39 is 6.04 Å². The fraction of sp³-hybridized carbons (Fsp3) is 0.440. The quantitative estimate of drug-likeness (QED) is 0.666. The second-order valence-electron chi connectivity index (χ2n) is 8.16. The molecule has 2 aromatic rings. The first kappa shape index (κ1) is 22.8. The smallest absolute Gasteiger partial charge is 0.247 e. The van der Waals surface area contributed by atoms with Gasteiger partial charge in [0.2, 0.25) is 11.8 Å². The van der Waals surface area contributed by atoms with E-state index in [1.807, 2.05) is 68.4 Å². The van der Waals surface area contributed by atoms with Gasteiger partial charge in [0.25, 0.3) is 0 Å². The largest absolute Gasteiger partial charge is 0.497 e. The maximum atomic E-state index is 13.4. The number of benzene rings is 2. The Labute approximate surface area is 184 Å². The summed E-state index contributed by atoms with van der Waals surface area (Å²) in [4.78, 5) is 28.3. The minimum atomic E-state index is -0.723. The van der Waals surface area contributed by atoms with Crippen LogP contribution >= 0.6 is 0 Å². The molecule has 2 aromatic carbocycles. The van der Waals surface area contributed by atoms with Gasteiger partial charge in [0.1, 0.15) is 11.8 Å². The molecule has 1 saturated heterocycles. The highest BCUT2D eigenvalue weighted by Crippen LogP contribution is 2.26. The molecule has 0 spiro atoms. The Balaban J connectivity index is 1.89. The summed E-state index contributed by atoms with van der Waals surface area (Å²) >= 11 is 0. The Morgan fingerprint density at radius 3 is 2.42 bits per heavy atom. The van der Waals surface area contributed by atoms with Crippen LogP contribution < -0.4 is 10.1 Å². The van der Waals surface area contributed by atoms with Crippen LogP contribution in [0.4, 0.5) is 0 Å². The molecule has 6 heteroatoms. The fourth-order valence-electron chi connectivity index (χ4n) is 3.78. The number of carbonyl (C=O) groups is 2. The van der Waals surface area contributed by atoms with Gasteiger partial charge in [0.15, 0.2) is 0 Å². The normalized spacial score (nSPS) is 16.7. The van der Waals surface area contributed by atoms with Crippen molar-refractivity contribution in [2.24, 2.45) is 5.92 Å². The molecule has 3 rings (SSSR count). The summed E-state index contributed by atoms with van der Waals surface area (Å²) in [5.74, 6) is 0.246. The SMILES string of the molecule is COc1ccc(CN(C(=O)C(C)C)[C@@H](C(=O)NC[C@H]2CCCO2)c2ccccc2)cc1. The van der Waals surface area contributed by atoms with Gasteiger partial charge in [-0.2, -0.15) is 0 Å². The molecule has 0 unspecified atom stereocenters. The first-order chi connectivity index (χ1) is 15.0. The van der Waals surface area contributed by atoms with Crippen molar-refractivity contribution < 1.29 is 19.1 Å². The molecule has 1 aliphatic heterocycles. The van der Waals surface area contributed by atoms with Crippen molar-refractivity contribution in [2.45, 2.75) is 45.4 Å². The lowest BCUT2D eigenvalue weighted by Gasteiger charge is -2.33. The van der Waals surface area contributed by atoms with Crippen LogP contribution in [0.25, 0.3) is 0 Å². The summed E-state index contributed by atoms with van der Waals surface area (Å²) in [6, 6.07) is 16.3. The van der Waals surface area contributed by atoms with Gasteiger partial charge < -0.3 is 19.7 Å². The van der Waals surface area contributed by atoms with Gasteiger partial charge >= 0.3 is 0 Å². The van der Waals surface area contributed by atoms with Crippen LogP contribution in [0.1, 0.15) is 43.9 Å². The van der Waals surface area contributed by atoms with Crippen molar-refractivity contribution >= 4 is 11.8 Å². The third-order valence-electron chi connectivity index (χ3n) is 5.49. The zero-order chi connectivity index (χ0) is 22.2. The second kappa shape index (κ2) is 11.0. The second-order valence-corrected chi connectivity index (χ2v) is 8.16. The predicted octanol–water partition coefficient (Wildman–Crippen LogP) is 3.72. The highest BCUT2D eigenvalue weighted by Gasteiger charge is 2.33. The molecular weight excluding hydrogens is 392 g/mol. The topological polar surface area (TPSA) is 67.9 Å². The summed E-state index contributed by atoms with van der Waals surface area (Å²) in [6.07, 6.45) is 1.99. The Hall–Kier alpha value is -2.86. The Bertz CT molecular complexity index is 846. The van der Waals surface area contributed by atoms with E-state index in [1.54, 1.807) is 12.0 Å². The summed E-state index contributed by atoms with van der Waals surface area (Å²) in [5.41, 5.74) is 1.72. The van der Waals surface area contributed by atoms with Crippen LogP contribution in [0.15, 0.2) is 54.6 Å². The average Bonchev–Trinajstić information content (AvgIpc) is 3.31. The van der Waals surface area contributed by atoms with Gasteiger partial charge in [-0.15, -0.1) is 0 Å². The lowest BCUT2D eigenvalue weighted by Crippen LogP contribution is -2.46. The molecule has 0 aliphatic carbocycles. The van der Waals surface area contributed by atoms with E-state index in [2.05, 4.69) is 5.32 Å². The molecule has 1 aliphatic rings. The molecule has 0 aromatic heterocycles. The summed E-state index contributed by atoms with van der Waals surface area (Å²) in [5, 5.41) is 3.02. The van der Waals surface area contributed by atoms with Gasteiger partial charge in [-0.05, 0) is 36.1 Å². The highest BCUT2D eigenvalue weighted by atomic mass is 16.5. The monoisotopic (exact) mass is 424 g/mol. The van der Waals surface area contributed by atoms with E-state index in [9.17, 15) is 9.59 Å². The zero-order valence-corrected chi connectivity index (χ0v) is 18.5. The minimum absolute atomic E-state index is 0.0382. The van der Waals surface area contributed by atoms with Crippen molar-refractivity contribution in [3.63, 3.8) is 0 Å². The van der Waals surface area contributed by atoms with Gasteiger partial charge in [-0.25, -0.2) is 0 Å². The van der Waals surface area contributed by atoms with Crippen LogP contribution in [0.2, 0.25) is 0 Å². The van der Waals surface area contributed by atoms with E-state index in [0.717, 1.165) is 36.3 Å². The van der Waals surface area contributed by atoms with Gasteiger partial charge in [-0.1, -0.05) is 56.3 Å². The third-order valence-corrected chi connectivity index (χ3v) is 5.49. The number of hydrogen-bond donors (Lipinski definition) is 1. The lowest BCUT2D eigenvalue weighted by molar-refractivity contribution is -0.144. The Kier molecular flexibility index (Phi) is 8.06. The highest BCUT2D eigenvalue weighted by molar-refractivity contribution is 5.89. The molecule has 2 amide bonds. The van der Waals surface area contributed by atoms with E-state index >= 15 is 0 Å². The molecule has 6 nitrogen and oxygen atoms in total. The maximum absolute atomic E-state index is 13.4. The van der Waals surface area contributed by atoms with E-state index in [1.165, 1.54) is 0 Å². The Morgan fingerprint density at radius 2 is 1.84 bits per heavy atom. The zero-order valence-electron chi connectivity index (χ0n) is 18.5. The third kappa shape index (κ3) is 6.07. The average molecular weight is 425 g/mol. The van der Waals surface area contributed by atoms with Gasteiger partial charge in [0.05, 0.1) is 13.2 Å². The molecule has 1 N–H and O–H groups in total. The first-order valence-electron chi connectivity index (χ1n) is 10.9.